The number of morpholine rings is 2. The van der Waals surface area contributed by atoms with Crippen molar-refractivity contribution in [2.75, 3.05) is 78.8 Å². The summed E-state index contributed by atoms with van der Waals surface area (Å²) in [5.74, 6) is 0.110. The molecule has 4 unspecified atom stereocenters. The molecule has 0 radical (unpaired) electrons. The average molecular weight is 953 g/mol. The lowest BCUT2D eigenvalue weighted by atomic mass is 9.86. The van der Waals surface area contributed by atoms with Crippen LogP contribution in [-0.2, 0) is 40.2 Å². The minimum Gasteiger partial charge on any atom is -0.378 e. The number of ether oxygens (including phenoxy) is 2. The van der Waals surface area contributed by atoms with Gasteiger partial charge in [0.15, 0.2) is 5.78 Å². The Morgan fingerprint density at radius 2 is 1.04 bits per heavy atom. The first-order chi connectivity index (χ1) is 34.2. The van der Waals surface area contributed by atoms with E-state index in [1.165, 1.54) is 33.4 Å². The number of likely N-dealkylation sites (tertiary alicyclic amines) is 2. The van der Waals surface area contributed by atoms with Crippen LogP contribution in [-0.4, -0.2) is 149 Å². The molecule has 4 atom stereocenters. The van der Waals surface area contributed by atoms with Gasteiger partial charge in [0.1, 0.15) is 36.0 Å². The number of Topliss-reactive ketones (excluding diaryl/α,β-unsaturated/α-hetero) is 1. The molecule has 0 bridgehead atoms. The van der Waals surface area contributed by atoms with E-state index in [-0.39, 0.29) is 17.9 Å². The van der Waals surface area contributed by atoms with Gasteiger partial charge in [0.25, 0.3) is 0 Å². The third-order valence-electron chi connectivity index (χ3n) is 16.4. The Kier molecular flexibility index (Phi) is 12.9. The Labute approximate surface area is 408 Å². The molecule has 0 spiro atoms. The zero-order chi connectivity index (χ0) is 47.5. The molecule has 0 amide bonds. The molecule has 0 aliphatic carbocycles. The van der Waals surface area contributed by atoms with Gasteiger partial charge in [-0.2, -0.15) is 0 Å². The van der Waals surface area contributed by atoms with E-state index < -0.39 is 24.7 Å². The number of alkyl halides is 2. The maximum absolute atomic E-state index is 16.3. The van der Waals surface area contributed by atoms with Crippen molar-refractivity contribution in [1.82, 2.24) is 50.2 Å². The van der Waals surface area contributed by atoms with Crippen molar-refractivity contribution in [3.63, 3.8) is 0 Å². The highest BCUT2D eigenvalue weighted by molar-refractivity contribution is 5.89. The fourth-order valence-corrected chi connectivity index (χ4v) is 12.5. The molecule has 15 heteroatoms. The number of fused-ring (bicyclic) bond motifs is 4. The van der Waals surface area contributed by atoms with Crippen LogP contribution in [0, 0.1) is 13.8 Å². The van der Waals surface area contributed by atoms with E-state index in [0.29, 0.717) is 104 Å². The third-order valence-corrected chi connectivity index (χ3v) is 16.4. The molecule has 6 aromatic rings. The summed E-state index contributed by atoms with van der Waals surface area (Å²) in [6.07, 6.45) is 8.09. The summed E-state index contributed by atoms with van der Waals surface area (Å²) in [5, 5.41) is 9.74. The van der Waals surface area contributed by atoms with Crippen molar-refractivity contribution >= 4 is 27.9 Å². The molecule has 2 aromatic carbocycles. The Balaban J connectivity index is 0.910. The van der Waals surface area contributed by atoms with E-state index in [4.69, 9.17) is 19.4 Å². The van der Waals surface area contributed by atoms with Crippen molar-refractivity contribution in [2.24, 2.45) is 0 Å². The summed E-state index contributed by atoms with van der Waals surface area (Å²) in [6, 6.07) is 13.7. The Hall–Kier alpha value is -4.97. The quantitative estimate of drug-likeness (QED) is 0.111. The highest BCUT2D eigenvalue weighted by Gasteiger charge is 2.45. The number of piperidine rings is 2. The summed E-state index contributed by atoms with van der Waals surface area (Å²) >= 11 is 0. The Morgan fingerprint density at radius 1 is 0.600 bits per heavy atom. The summed E-state index contributed by atoms with van der Waals surface area (Å²) in [6.45, 7) is 12.7. The van der Waals surface area contributed by atoms with Gasteiger partial charge in [-0.15, -0.1) is 0 Å². The first-order valence-corrected chi connectivity index (χ1v) is 25.8. The monoisotopic (exact) mass is 953 g/mol. The molecule has 6 aliphatic rings. The summed E-state index contributed by atoms with van der Waals surface area (Å²) in [7, 11) is 0. The van der Waals surface area contributed by atoms with Gasteiger partial charge in [-0.3, -0.25) is 24.4 Å². The number of hydrogen-bond donors (Lipinski definition) is 4. The minimum absolute atomic E-state index is 0.0108. The smallest absolute Gasteiger partial charge is 0.196 e. The zero-order valence-electron chi connectivity index (χ0n) is 40.5. The van der Waals surface area contributed by atoms with Gasteiger partial charge in [-0.05, 0) is 132 Å². The normalized spacial score (nSPS) is 23.7. The maximum atomic E-state index is 16.3. The second-order valence-electron chi connectivity index (χ2n) is 20.8. The van der Waals surface area contributed by atoms with Crippen LogP contribution in [0.5, 0.6) is 0 Å². The number of aromatic amines is 2. The van der Waals surface area contributed by atoms with Gasteiger partial charge in [0.2, 0.25) is 0 Å². The molecule has 4 saturated heterocycles. The number of nitrogens with zero attached hydrogens (tertiary/aromatic N) is 6. The van der Waals surface area contributed by atoms with Crippen LogP contribution in [0.1, 0.15) is 82.3 Å². The van der Waals surface area contributed by atoms with Gasteiger partial charge in [0.05, 0.1) is 38.5 Å². The van der Waals surface area contributed by atoms with Gasteiger partial charge in [-0.1, -0.05) is 12.1 Å². The molecular formula is C55H66F2N10O3. The lowest BCUT2D eigenvalue weighted by molar-refractivity contribution is -0.148. The van der Waals surface area contributed by atoms with E-state index in [9.17, 15) is 0 Å². The lowest BCUT2D eigenvalue weighted by Gasteiger charge is -2.49. The molecule has 368 valence electrons. The fourth-order valence-electron chi connectivity index (χ4n) is 12.5. The number of rotatable bonds is 10. The van der Waals surface area contributed by atoms with Crippen LogP contribution in [0.2, 0.25) is 0 Å². The number of carbonyl (C=O) groups is 1. The molecule has 4 fully saturated rings. The van der Waals surface area contributed by atoms with Crippen molar-refractivity contribution < 1.29 is 23.0 Å². The topological polar surface area (TPSA) is 130 Å². The molecule has 70 heavy (non-hydrogen) atoms. The summed E-state index contributed by atoms with van der Waals surface area (Å²) < 4.78 is 42.4. The first kappa shape index (κ1) is 46.1. The SMILES string of the molecule is Cc1c[nH]c2ncc(-c3cc4c(c(C5COCCN5)c3)CN(C(C(=O)C(N3CCC(F)CC3)N3CCc5cc(-c6cnc7[nH]cc(C)c7c6)cc(C6COCCN6)c5C3)N3CCC(F)CC3)CC4)cc12. The second kappa shape index (κ2) is 19.6. The summed E-state index contributed by atoms with van der Waals surface area (Å²) in [4.78, 5) is 41.7. The second-order valence-corrected chi connectivity index (χ2v) is 20.8. The van der Waals surface area contributed by atoms with Crippen LogP contribution >= 0.6 is 0 Å². The van der Waals surface area contributed by atoms with Crippen molar-refractivity contribution in [2.45, 2.75) is 102 Å². The number of ketones is 1. The molecule has 13 nitrogen and oxygen atoms in total. The zero-order valence-corrected chi connectivity index (χ0v) is 40.5. The molecule has 10 heterocycles. The highest BCUT2D eigenvalue weighted by Crippen LogP contribution is 2.39. The van der Waals surface area contributed by atoms with Crippen LogP contribution in [0.3, 0.4) is 0 Å². The molecule has 4 N–H and O–H groups in total. The van der Waals surface area contributed by atoms with E-state index in [1.807, 2.05) is 24.8 Å². The number of benzene rings is 2. The molecule has 6 aliphatic heterocycles. The van der Waals surface area contributed by atoms with Crippen LogP contribution in [0.25, 0.3) is 44.3 Å². The van der Waals surface area contributed by atoms with Gasteiger partial charge in [-0.25, -0.2) is 18.7 Å². The fraction of sp³-hybridized carbons (Fsp3) is 0.509. The van der Waals surface area contributed by atoms with E-state index in [0.717, 1.165) is 81.4 Å². The predicted octanol–water partition coefficient (Wildman–Crippen LogP) is 7.22. The Morgan fingerprint density at radius 3 is 1.46 bits per heavy atom. The number of H-pyrrole nitrogens is 2. The molecule has 4 aromatic heterocycles. The van der Waals surface area contributed by atoms with Gasteiger partial charge < -0.3 is 30.1 Å². The van der Waals surface area contributed by atoms with Crippen molar-refractivity contribution in [3.8, 4) is 22.3 Å². The number of pyridine rings is 2. The molecular weight excluding hydrogens is 887 g/mol. The standard InChI is InChI=1S/C55H66F2N10O3/c1-33-25-60-52-43(33)23-39(27-62-52)37-19-35-3-11-66(29-47(35)45(21-37)49-31-69-17-9-58-49)54(64-13-5-41(56)6-14-64)51(68)55(65-15-7-42(57)8-16-65)67-12-4-36-20-38(40-24-44-34(2)26-61-53(44)63-28-40)22-46(48(36)30-67)50-32-70-18-10-59-50/h19-28,41-42,49-50,54-55,58-59H,3-18,29-32H2,1-2H3,(H,60,62)(H,61,63). The highest BCUT2D eigenvalue weighted by atomic mass is 19.1. The van der Waals surface area contributed by atoms with Crippen molar-refractivity contribution in [1.29, 1.82) is 0 Å². The first-order valence-electron chi connectivity index (χ1n) is 25.8. The Bertz CT molecular complexity index is 2680. The maximum Gasteiger partial charge on any atom is 0.196 e. The molecule has 0 saturated carbocycles. The number of aromatic nitrogens is 4. The summed E-state index contributed by atoms with van der Waals surface area (Å²) in [5.41, 5.74) is 15.9. The number of carbonyl (C=O) groups excluding carboxylic acids is 1. The number of halogens is 2. The average Bonchev–Trinajstić information content (AvgIpc) is 3.97. The van der Waals surface area contributed by atoms with Crippen LogP contribution in [0.15, 0.2) is 61.2 Å². The number of aryl methyl sites for hydroxylation is 2. The van der Waals surface area contributed by atoms with Gasteiger partial charge >= 0.3 is 0 Å². The van der Waals surface area contributed by atoms with E-state index in [1.54, 1.807) is 0 Å². The van der Waals surface area contributed by atoms with E-state index >= 15 is 13.6 Å². The molecule has 12 rings (SSSR count). The minimum atomic E-state index is -0.886. The predicted molar refractivity (Wildman–Crippen MR) is 268 cm³/mol. The third kappa shape index (κ3) is 8.90. The van der Waals surface area contributed by atoms with Gasteiger partial charge in [0, 0.05) is 112 Å². The largest absolute Gasteiger partial charge is 0.378 e. The number of hydrogen-bond acceptors (Lipinski definition) is 11. The van der Waals surface area contributed by atoms with Crippen LogP contribution in [0.4, 0.5) is 8.78 Å². The lowest BCUT2D eigenvalue weighted by Crippen LogP contribution is -2.65. The number of nitrogens with one attached hydrogen (secondary N) is 4. The van der Waals surface area contributed by atoms with E-state index in [2.05, 4.69) is 90.4 Å². The van der Waals surface area contributed by atoms with Crippen molar-refractivity contribution in [3.05, 3.63) is 106 Å². The van der Waals surface area contributed by atoms with Crippen LogP contribution < -0.4 is 10.6 Å².